The fourth-order valence-corrected chi connectivity index (χ4v) is 3.73. The van der Waals surface area contributed by atoms with Crippen molar-refractivity contribution >= 4 is 52.8 Å². The number of carbonyl (C=O) groups excluding carboxylic acids is 3. The van der Waals surface area contributed by atoms with E-state index >= 15 is 0 Å². The predicted octanol–water partition coefficient (Wildman–Crippen LogP) is 5.41. The normalized spacial score (nSPS) is 14.3. The van der Waals surface area contributed by atoms with Gasteiger partial charge in [-0.25, -0.2) is 9.69 Å². The van der Waals surface area contributed by atoms with E-state index in [0.29, 0.717) is 33.7 Å². The Balaban J connectivity index is 1.35. The van der Waals surface area contributed by atoms with Gasteiger partial charge in [-0.3, -0.25) is 9.59 Å². The Bertz CT molecular complexity index is 1320. The van der Waals surface area contributed by atoms with Gasteiger partial charge in [0.25, 0.3) is 5.91 Å². The van der Waals surface area contributed by atoms with Crippen LogP contribution in [-0.2, 0) is 16.2 Å². The number of imide groups is 1. The third-order valence-electron chi connectivity index (χ3n) is 5.15. The van der Waals surface area contributed by atoms with E-state index in [-0.39, 0.29) is 5.70 Å². The summed E-state index contributed by atoms with van der Waals surface area (Å²) < 4.78 is 5.76. The van der Waals surface area contributed by atoms with Crippen molar-refractivity contribution in [3.63, 3.8) is 0 Å². The number of halogens is 2. The Morgan fingerprint density at radius 3 is 2.51 bits per heavy atom. The van der Waals surface area contributed by atoms with Gasteiger partial charge < -0.3 is 15.4 Å². The fraction of sp³-hybridized carbons (Fsp3) is 0.115. The Hall–Kier alpha value is -3.81. The van der Waals surface area contributed by atoms with Crippen LogP contribution >= 0.6 is 23.2 Å². The van der Waals surface area contributed by atoms with Crippen LogP contribution in [0.1, 0.15) is 16.7 Å². The van der Waals surface area contributed by atoms with E-state index in [0.717, 1.165) is 16.0 Å². The van der Waals surface area contributed by atoms with Crippen molar-refractivity contribution in [3.8, 4) is 5.75 Å². The molecule has 0 aromatic heterocycles. The van der Waals surface area contributed by atoms with Crippen molar-refractivity contribution < 1.29 is 19.1 Å². The van der Waals surface area contributed by atoms with Crippen LogP contribution < -0.4 is 15.4 Å². The van der Waals surface area contributed by atoms with Crippen molar-refractivity contribution in [3.05, 3.63) is 99.2 Å². The lowest BCUT2D eigenvalue weighted by atomic mass is 10.2. The SMILES string of the molecule is Cc1cccc(NC(=O)CN2C(=O)N/C(=C/c3ccc(OCc4ccc(Cl)c(Cl)c4)cc3)C2=O)c1. The molecule has 4 amide bonds. The van der Waals surface area contributed by atoms with E-state index < -0.39 is 24.4 Å². The molecule has 0 saturated carbocycles. The first-order valence-electron chi connectivity index (χ1n) is 10.7. The van der Waals surface area contributed by atoms with Gasteiger partial charge in [0, 0.05) is 5.69 Å². The van der Waals surface area contributed by atoms with Crippen LogP contribution in [0.15, 0.2) is 72.4 Å². The zero-order valence-electron chi connectivity index (χ0n) is 18.7. The molecule has 0 unspecified atom stereocenters. The number of hydrogen-bond acceptors (Lipinski definition) is 4. The largest absolute Gasteiger partial charge is 0.489 e. The molecule has 0 bridgehead atoms. The molecule has 1 saturated heterocycles. The molecule has 0 radical (unpaired) electrons. The van der Waals surface area contributed by atoms with Gasteiger partial charge in [-0.15, -0.1) is 0 Å². The minimum absolute atomic E-state index is 0.0860. The van der Waals surface area contributed by atoms with Gasteiger partial charge >= 0.3 is 6.03 Å². The Morgan fingerprint density at radius 2 is 1.80 bits per heavy atom. The zero-order valence-corrected chi connectivity index (χ0v) is 20.2. The molecule has 3 aromatic rings. The van der Waals surface area contributed by atoms with Crippen LogP contribution in [0.3, 0.4) is 0 Å². The molecular formula is C26H21Cl2N3O4. The average Bonchev–Trinajstić information content (AvgIpc) is 3.08. The number of aryl methyl sites for hydroxylation is 1. The lowest BCUT2D eigenvalue weighted by molar-refractivity contribution is -0.127. The van der Waals surface area contributed by atoms with Crippen LogP contribution in [0.4, 0.5) is 10.5 Å². The Morgan fingerprint density at radius 1 is 1.03 bits per heavy atom. The number of amides is 4. The van der Waals surface area contributed by atoms with E-state index in [9.17, 15) is 14.4 Å². The first-order chi connectivity index (χ1) is 16.8. The monoisotopic (exact) mass is 509 g/mol. The summed E-state index contributed by atoms with van der Waals surface area (Å²) in [5, 5.41) is 6.14. The van der Waals surface area contributed by atoms with Crippen molar-refractivity contribution in [1.82, 2.24) is 10.2 Å². The minimum atomic E-state index is -0.651. The standard InChI is InChI=1S/C26H21Cl2N3O4/c1-16-3-2-4-19(11-16)29-24(32)14-31-25(33)23(30-26(31)34)13-17-5-8-20(9-6-17)35-15-18-7-10-21(27)22(28)12-18/h2-13H,14-15H2,1H3,(H,29,32)(H,30,34)/b23-13+. The molecular weight excluding hydrogens is 489 g/mol. The number of urea groups is 1. The predicted molar refractivity (Wildman–Crippen MR) is 135 cm³/mol. The molecule has 9 heteroatoms. The number of ether oxygens (including phenoxy) is 1. The number of rotatable bonds is 7. The average molecular weight is 510 g/mol. The quantitative estimate of drug-likeness (QED) is 0.329. The van der Waals surface area contributed by atoms with E-state index in [4.69, 9.17) is 27.9 Å². The van der Waals surface area contributed by atoms with Crippen LogP contribution in [0, 0.1) is 6.92 Å². The molecule has 4 rings (SSSR count). The van der Waals surface area contributed by atoms with Crippen molar-refractivity contribution in [1.29, 1.82) is 0 Å². The van der Waals surface area contributed by atoms with Crippen LogP contribution in [0.2, 0.25) is 10.0 Å². The smallest absolute Gasteiger partial charge is 0.329 e. The lowest BCUT2D eigenvalue weighted by Crippen LogP contribution is -2.38. The lowest BCUT2D eigenvalue weighted by Gasteiger charge is -2.12. The molecule has 3 aromatic carbocycles. The van der Waals surface area contributed by atoms with Crippen LogP contribution in [0.25, 0.3) is 6.08 Å². The molecule has 0 aliphatic carbocycles. The number of nitrogens with one attached hydrogen (secondary N) is 2. The third kappa shape index (κ3) is 6.20. The summed E-state index contributed by atoms with van der Waals surface area (Å²) in [7, 11) is 0. The molecule has 1 heterocycles. The minimum Gasteiger partial charge on any atom is -0.489 e. The molecule has 1 aliphatic rings. The number of benzene rings is 3. The molecule has 2 N–H and O–H groups in total. The highest BCUT2D eigenvalue weighted by atomic mass is 35.5. The van der Waals surface area contributed by atoms with Gasteiger partial charge in [0.1, 0.15) is 24.6 Å². The summed E-state index contributed by atoms with van der Waals surface area (Å²) in [5.74, 6) is -0.424. The number of nitrogens with zero attached hydrogens (tertiary/aromatic N) is 1. The summed E-state index contributed by atoms with van der Waals surface area (Å²) in [5.41, 5.74) is 3.22. The number of hydrogen-bond donors (Lipinski definition) is 2. The van der Waals surface area contributed by atoms with Crippen molar-refractivity contribution in [2.24, 2.45) is 0 Å². The highest BCUT2D eigenvalue weighted by molar-refractivity contribution is 6.42. The summed E-state index contributed by atoms with van der Waals surface area (Å²) in [6.07, 6.45) is 1.54. The van der Waals surface area contributed by atoms with E-state index in [1.165, 1.54) is 0 Å². The van der Waals surface area contributed by atoms with Gasteiger partial charge in [0.2, 0.25) is 5.91 Å². The first-order valence-corrected chi connectivity index (χ1v) is 11.4. The second kappa shape index (κ2) is 10.6. The van der Waals surface area contributed by atoms with Gasteiger partial charge in [0.15, 0.2) is 0 Å². The molecule has 0 spiro atoms. The van der Waals surface area contributed by atoms with Crippen LogP contribution in [-0.4, -0.2) is 29.3 Å². The topological polar surface area (TPSA) is 87.7 Å². The zero-order chi connectivity index (χ0) is 24.9. The second-order valence-electron chi connectivity index (χ2n) is 7.90. The third-order valence-corrected chi connectivity index (χ3v) is 5.89. The highest BCUT2D eigenvalue weighted by Gasteiger charge is 2.34. The molecule has 1 fully saturated rings. The first kappa shape index (κ1) is 24.3. The van der Waals surface area contributed by atoms with Crippen molar-refractivity contribution in [2.45, 2.75) is 13.5 Å². The Kier molecular flexibility index (Phi) is 7.39. The molecule has 0 atom stereocenters. The van der Waals surface area contributed by atoms with Gasteiger partial charge in [0.05, 0.1) is 10.0 Å². The van der Waals surface area contributed by atoms with E-state index in [2.05, 4.69) is 10.6 Å². The molecule has 1 aliphatic heterocycles. The maximum Gasteiger partial charge on any atom is 0.329 e. The van der Waals surface area contributed by atoms with Crippen LogP contribution in [0.5, 0.6) is 5.75 Å². The number of carbonyl (C=O) groups is 3. The maximum absolute atomic E-state index is 12.7. The molecule has 7 nitrogen and oxygen atoms in total. The van der Waals surface area contributed by atoms with Gasteiger partial charge in [-0.05, 0) is 66.1 Å². The van der Waals surface area contributed by atoms with Gasteiger partial charge in [-0.1, -0.05) is 53.5 Å². The summed E-state index contributed by atoms with van der Waals surface area (Å²) in [6.45, 7) is 1.82. The number of anilines is 1. The second-order valence-corrected chi connectivity index (χ2v) is 8.72. The molecule has 178 valence electrons. The van der Waals surface area contributed by atoms with Crippen molar-refractivity contribution in [2.75, 3.05) is 11.9 Å². The summed E-state index contributed by atoms with van der Waals surface area (Å²) in [6, 6.07) is 18.9. The molecule has 35 heavy (non-hydrogen) atoms. The summed E-state index contributed by atoms with van der Waals surface area (Å²) >= 11 is 11.9. The van der Waals surface area contributed by atoms with E-state index in [1.54, 1.807) is 54.6 Å². The van der Waals surface area contributed by atoms with Gasteiger partial charge in [-0.2, -0.15) is 0 Å². The maximum atomic E-state index is 12.7. The summed E-state index contributed by atoms with van der Waals surface area (Å²) in [4.78, 5) is 38.2. The highest BCUT2D eigenvalue weighted by Crippen LogP contribution is 2.24. The fourth-order valence-electron chi connectivity index (χ4n) is 3.41. The van der Waals surface area contributed by atoms with E-state index in [1.807, 2.05) is 25.1 Å². The Labute approximate surface area is 212 Å².